The Kier molecular flexibility index (Phi) is 3.11. The van der Waals surface area contributed by atoms with Crippen molar-refractivity contribution in [1.82, 2.24) is 5.16 Å². The van der Waals surface area contributed by atoms with Crippen LogP contribution in [0.4, 0.5) is 5.88 Å². The van der Waals surface area contributed by atoms with E-state index in [9.17, 15) is 0 Å². The monoisotopic (exact) mass is 296 g/mol. The van der Waals surface area contributed by atoms with Crippen molar-refractivity contribution in [2.24, 2.45) is 0 Å². The third kappa shape index (κ3) is 1.91. The van der Waals surface area contributed by atoms with Gasteiger partial charge in [0.15, 0.2) is 0 Å². The zero-order chi connectivity index (χ0) is 12.6. The number of ether oxygens (including phenoxy) is 1. The highest BCUT2D eigenvalue weighted by Gasteiger charge is 2.19. The minimum absolute atomic E-state index is 0.286. The second kappa shape index (κ2) is 4.41. The molecule has 0 bridgehead atoms. The molecule has 2 aromatic rings. The summed E-state index contributed by atoms with van der Waals surface area (Å²) in [5, 5.41) is 3.70. The molecule has 1 aromatic heterocycles. The van der Waals surface area contributed by atoms with Crippen LogP contribution in [-0.4, -0.2) is 12.3 Å². The summed E-state index contributed by atoms with van der Waals surface area (Å²) in [5.41, 5.74) is 9.53. The lowest BCUT2D eigenvalue weighted by Crippen LogP contribution is -1.96. The molecule has 0 fully saturated rings. The highest BCUT2D eigenvalue weighted by molar-refractivity contribution is 9.10. The van der Waals surface area contributed by atoms with E-state index in [1.165, 1.54) is 0 Å². The molecule has 90 valence electrons. The van der Waals surface area contributed by atoms with E-state index >= 15 is 0 Å². The van der Waals surface area contributed by atoms with E-state index in [1.54, 1.807) is 13.3 Å². The van der Waals surface area contributed by atoms with Gasteiger partial charge in [-0.15, -0.1) is 0 Å². The van der Waals surface area contributed by atoms with E-state index in [4.69, 9.17) is 15.0 Å². The Balaban J connectivity index is 2.80. The predicted molar refractivity (Wildman–Crippen MR) is 70.1 cm³/mol. The molecule has 0 aliphatic heterocycles. The summed E-state index contributed by atoms with van der Waals surface area (Å²) in [5.74, 6) is 1.06. The molecule has 0 saturated heterocycles. The maximum Gasteiger partial charge on any atom is 0.230 e. The third-order valence-electron chi connectivity index (χ3n) is 2.66. The van der Waals surface area contributed by atoms with Gasteiger partial charge in [0.05, 0.1) is 18.9 Å². The van der Waals surface area contributed by atoms with Crippen molar-refractivity contribution in [2.45, 2.75) is 13.8 Å². The van der Waals surface area contributed by atoms with E-state index in [0.29, 0.717) is 0 Å². The van der Waals surface area contributed by atoms with Gasteiger partial charge < -0.3 is 15.0 Å². The maximum atomic E-state index is 5.76. The predicted octanol–water partition coefficient (Wildman–Crippen LogP) is 3.31. The van der Waals surface area contributed by atoms with Crippen LogP contribution >= 0.6 is 15.9 Å². The van der Waals surface area contributed by atoms with Gasteiger partial charge in [0.1, 0.15) is 5.75 Å². The number of nitrogen functional groups attached to an aromatic ring is 1. The van der Waals surface area contributed by atoms with Gasteiger partial charge in [-0.25, -0.2) is 0 Å². The molecule has 0 atom stereocenters. The zero-order valence-corrected chi connectivity index (χ0v) is 11.5. The third-order valence-corrected chi connectivity index (χ3v) is 3.68. The van der Waals surface area contributed by atoms with E-state index < -0.39 is 0 Å². The summed E-state index contributed by atoms with van der Waals surface area (Å²) in [6.07, 6.45) is 1.59. The smallest absolute Gasteiger partial charge is 0.230 e. The Labute approximate surface area is 108 Å². The molecule has 0 amide bonds. The number of hydrogen-bond donors (Lipinski definition) is 1. The largest absolute Gasteiger partial charge is 0.496 e. The van der Waals surface area contributed by atoms with Gasteiger partial charge >= 0.3 is 0 Å². The topological polar surface area (TPSA) is 61.3 Å². The Morgan fingerprint density at radius 1 is 1.35 bits per heavy atom. The summed E-state index contributed by atoms with van der Waals surface area (Å²) in [7, 11) is 1.64. The number of anilines is 1. The number of nitrogens with zero attached hydrogens (tertiary/aromatic N) is 1. The zero-order valence-electron chi connectivity index (χ0n) is 9.87. The molecule has 2 rings (SSSR count). The summed E-state index contributed by atoms with van der Waals surface area (Å²) >= 11 is 3.56. The molecule has 0 radical (unpaired) electrons. The fourth-order valence-corrected chi connectivity index (χ4v) is 2.40. The van der Waals surface area contributed by atoms with Crippen molar-refractivity contribution >= 4 is 21.8 Å². The number of methoxy groups -OCH3 is 1. The number of halogens is 1. The second-order valence-electron chi connectivity index (χ2n) is 3.84. The summed E-state index contributed by atoms with van der Waals surface area (Å²) in [6, 6.07) is 2.05. The number of rotatable bonds is 2. The van der Waals surface area contributed by atoms with Gasteiger partial charge in [0.25, 0.3) is 0 Å². The minimum atomic E-state index is 0.286. The molecule has 0 spiro atoms. The number of aryl methyl sites for hydroxylation is 2. The number of aromatic nitrogens is 1. The lowest BCUT2D eigenvalue weighted by Gasteiger charge is -2.14. The molecule has 0 aliphatic carbocycles. The molecule has 5 heteroatoms. The van der Waals surface area contributed by atoms with Crippen LogP contribution in [0, 0.1) is 13.8 Å². The minimum Gasteiger partial charge on any atom is -0.496 e. The fourth-order valence-electron chi connectivity index (χ4n) is 1.89. The normalized spacial score (nSPS) is 10.6. The van der Waals surface area contributed by atoms with Crippen molar-refractivity contribution in [3.63, 3.8) is 0 Å². The Hall–Kier alpha value is -1.49. The highest BCUT2D eigenvalue weighted by Crippen LogP contribution is 2.42. The summed E-state index contributed by atoms with van der Waals surface area (Å²) in [6.45, 7) is 4.01. The van der Waals surface area contributed by atoms with Crippen LogP contribution in [0.5, 0.6) is 5.75 Å². The summed E-state index contributed by atoms with van der Waals surface area (Å²) in [4.78, 5) is 0. The number of nitrogens with two attached hydrogens (primary N) is 1. The highest BCUT2D eigenvalue weighted by atomic mass is 79.9. The molecule has 0 saturated carbocycles. The van der Waals surface area contributed by atoms with Gasteiger partial charge in [-0.2, -0.15) is 0 Å². The second-order valence-corrected chi connectivity index (χ2v) is 4.63. The quantitative estimate of drug-likeness (QED) is 0.923. The van der Waals surface area contributed by atoms with Gasteiger partial charge in [0, 0.05) is 10.0 Å². The first-order valence-corrected chi connectivity index (χ1v) is 5.89. The average Bonchev–Trinajstić information content (AvgIpc) is 2.69. The first-order valence-electron chi connectivity index (χ1n) is 5.10. The van der Waals surface area contributed by atoms with Crippen LogP contribution in [-0.2, 0) is 0 Å². The number of hydrogen-bond acceptors (Lipinski definition) is 4. The molecule has 0 aliphatic rings. The van der Waals surface area contributed by atoms with E-state index in [2.05, 4.69) is 27.2 Å². The lowest BCUT2D eigenvalue weighted by molar-refractivity contribution is 0.413. The van der Waals surface area contributed by atoms with Gasteiger partial charge in [-0.05, 0) is 40.9 Å². The number of benzene rings is 1. The Morgan fingerprint density at radius 2 is 2.06 bits per heavy atom. The van der Waals surface area contributed by atoms with E-state index in [0.717, 1.165) is 32.5 Å². The molecular formula is C12H13BrN2O2. The Morgan fingerprint density at radius 3 is 2.59 bits per heavy atom. The van der Waals surface area contributed by atoms with Crippen LogP contribution in [0.1, 0.15) is 11.1 Å². The van der Waals surface area contributed by atoms with E-state index in [-0.39, 0.29) is 5.88 Å². The van der Waals surface area contributed by atoms with Crippen molar-refractivity contribution < 1.29 is 9.26 Å². The SMILES string of the molecule is COc1c(C)cc(C)c(Br)c1-c1cnoc1N. The lowest BCUT2D eigenvalue weighted by atomic mass is 10.0. The molecule has 1 aromatic carbocycles. The molecular weight excluding hydrogens is 284 g/mol. The molecule has 17 heavy (non-hydrogen) atoms. The van der Waals surface area contributed by atoms with Gasteiger partial charge in [0.2, 0.25) is 5.88 Å². The van der Waals surface area contributed by atoms with Crippen LogP contribution in [0.3, 0.4) is 0 Å². The van der Waals surface area contributed by atoms with Gasteiger partial charge in [-0.3, -0.25) is 0 Å². The van der Waals surface area contributed by atoms with Gasteiger partial charge in [-0.1, -0.05) is 11.2 Å². The van der Waals surface area contributed by atoms with Crippen LogP contribution in [0.2, 0.25) is 0 Å². The maximum absolute atomic E-state index is 5.76. The summed E-state index contributed by atoms with van der Waals surface area (Å²) < 4.78 is 11.3. The Bertz CT molecular complexity index is 564. The standard InChI is InChI=1S/C12H13BrN2O2/c1-6-4-7(2)11(16-3)9(10(6)13)8-5-15-17-12(8)14/h4-5H,14H2,1-3H3. The molecule has 0 unspecified atom stereocenters. The molecule has 2 N–H and O–H groups in total. The van der Waals surface area contributed by atoms with Crippen LogP contribution in [0.25, 0.3) is 11.1 Å². The van der Waals surface area contributed by atoms with Crippen molar-refractivity contribution in [1.29, 1.82) is 0 Å². The van der Waals surface area contributed by atoms with Crippen LogP contribution in [0.15, 0.2) is 21.3 Å². The molecule has 4 nitrogen and oxygen atoms in total. The van der Waals surface area contributed by atoms with E-state index in [1.807, 2.05) is 13.8 Å². The van der Waals surface area contributed by atoms with Crippen molar-refractivity contribution in [3.8, 4) is 16.9 Å². The first-order chi connectivity index (χ1) is 8.06. The first kappa shape index (κ1) is 12.0. The average molecular weight is 297 g/mol. The fraction of sp³-hybridized carbons (Fsp3) is 0.250. The van der Waals surface area contributed by atoms with Crippen molar-refractivity contribution in [3.05, 3.63) is 27.9 Å². The molecule has 1 heterocycles. The van der Waals surface area contributed by atoms with Crippen LogP contribution < -0.4 is 10.5 Å². The van der Waals surface area contributed by atoms with Crippen molar-refractivity contribution in [2.75, 3.05) is 12.8 Å².